The van der Waals surface area contributed by atoms with Crippen LogP contribution in [0, 0.1) is 0 Å². The fourth-order valence-corrected chi connectivity index (χ4v) is 3.15. The van der Waals surface area contributed by atoms with E-state index in [0.717, 1.165) is 5.56 Å². The number of rotatable bonds is 3. The number of carbonyl (C=O) groups excluding carboxylic acids is 1. The molecule has 6 nitrogen and oxygen atoms in total. The van der Waals surface area contributed by atoms with E-state index in [1.165, 1.54) is 4.57 Å². The number of amides is 1. The lowest BCUT2D eigenvalue weighted by Gasteiger charge is -2.22. The van der Waals surface area contributed by atoms with Gasteiger partial charge in [0.05, 0.1) is 23.5 Å². The van der Waals surface area contributed by atoms with Crippen molar-refractivity contribution in [2.24, 2.45) is 0 Å². The fraction of sp³-hybridized carbons (Fsp3) is 0.105. The molecular weight excluding hydrogens is 318 g/mol. The Morgan fingerprint density at radius 1 is 1.08 bits per heavy atom. The molecule has 0 radical (unpaired) electrons. The molecule has 124 valence electrons. The Balaban J connectivity index is 1.72. The van der Waals surface area contributed by atoms with E-state index in [2.05, 4.69) is 10.3 Å². The van der Waals surface area contributed by atoms with Gasteiger partial charge in [0.2, 0.25) is 5.91 Å². The number of carbonyl (C=O) groups is 1. The largest absolute Gasteiger partial charge is 0.326 e. The number of aromatic nitrogens is 2. The number of allylic oxidation sites excluding steroid dienone is 1. The number of nitrogens with one attached hydrogen (secondary N) is 2. The minimum absolute atomic E-state index is 0.0676. The second-order valence-corrected chi connectivity index (χ2v) is 5.92. The van der Waals surface area contributed by atoms with Crippen molar-refractivity contribution in [2.75, 3.05) is 5.32 Å². The average molecular weight is 333 g/mol. The highest BCUT2D eigenvalue weighted by atomic mass is 16.2. The van der Waals surface area contributed by atoms with Crippen LogP contribution in [0.5, 0.6) is 0 Å². The Morgan fingerprint density at radius 2 is 1.88 bits per heavy atom. The Labute approximate surface area is 142 Å². The van der Waals surface area contributed by atoms with Gasteiger partial charge in [0.1, 0.15) is 0 Å². The quantitative estimate of drug-likeness (QED) is 0.721. The van der Waals surface area contributed by atoms with Crippen molar-refractivity contribution in [1.29, 1.82) is 0 Å². The summed E-state index contributed by atoms with van der Waals surface area (Å²) < 4.78 is 1.41. The molecule has 1 atom stereocenters. The molecular formula is C19H15N3O3. The van der Waals surface area contributed by atoms with Gasteiger partial charge in [0, 0.05) is 11.3 Å². The van der Waals surface area contributed by atoms with Gasteiger partial charge in [-0.15, -0.1) is 0 Å². The van der Waals surface area contributed by atoms with Crippen LogP contribution in [0.1, 0.15) is 18.0 Å². The first-order valence-electron chi connectivity index (χ1n) is 7.94. The molecule has 0 bridgehead atoms. The summed E-state index contributed by atoms with van der Waals surface area (Å²) in [4.78, 5) is 39.3. The zero-order chi connectivity index (χ0) is 17.4. The van der Waals surface area contributed by atoms with Crippen molar-refractivity contribution in [3.05, 3.63) is 80.9 Å². The Hall–Kier alpha value is -3.41. The lowest BCUT2D eigenvalue weighted by Crippen LogP contribution is -2.39. The molecule has 0 spiro atoms. The third-order valence-corrected chi connectivity index (χ3v) is 4.25. The summed E-state index contributed by atoms with van der Waals surface area (Å²) in [7, 11) is 0. The van der Waals surface area contributed by atoms with E-state index in [0.29, 0.717) is 16.7 Å². The van der Waals surface area contributed by atoms with E-state index in [1.54, 1.807) is 24.3 Å². The first-order valence-corrected chi connectivity index (χ1v) is 7.94. The van der Waals surface area contributed by atoms with Crippen molar-refractivity contribution in [2.45, 2.75) is 12.5 Å². The van der Waals surface area contributed by atoms with Gasteiger partial charge in [-0.05, 0) is 18.2 Å². The smallest absolute Gasteiger partial charge is 0.317 e. The zero-order valence-corrected chi connectivity index (χ0v) is 13.2. The molecule has 6 heteroatoms. The lowest BCUT2D eigenvalue weighted by atomic mass is 10.0. The minimum atomic E-state index is -0.687. The van der Waals surface area contributed by atoms with Crippen LogP contribution in [-0.4, -0.2) is 15.5 Å². The number of hydrogen-bond acceptors (Lipinski definition) is 3. The van der Waals surface area contributed by atoms with Crippen molar-refractivity contribution in [3.8, 4) is 0 Å². The normalized spacial score (nSPS) is 15.3. The molecule has 25 heavy (non-hydrogen) atoms. The van der Waals surface area contributed by atoms with Gasteiger partial charge in [0.15, 0.2) is 0 Å². The second-order valence-electron chi connectivity index (χ2n) is 5.92. The molecule has 1 aliphatic heterocycles. The van der Waals surface area contributed by atoms with E-state index in [4.69, 9.17) is 0 Å². The molecule has 2 heterocycles. The number of para-hydroxylation sites is 2. The molecule has 0 aliphatic carbocycles. The molecule has 0 saturated carbocycles. The highest BCUT2D eigenvalue weighted by Crippen LogP contribution is 2.27. The number of nitrogens with zero attached hydrogens (tertiary/aromatic N) is 1. The highest BCUT2D eigenvalue weighted by molar-refractivity contribution is 5.92. The molecule has 0 fully saturated rings. The summed E-state index contributed by atoms with van der Waals surface area (Å²) in [6, 6.07) is 14.0. The maximum absolute atomic E-state index is 12.4. The second kappa shape index (κ2) is 5.90. The SMILES string of the molecule is O=C(CC1C=Cc2cccc3[nH]c(=O)c(=O)n1c23)Nc1ccccc1. The van der Waals surface area contributed by atoms with Crippen LogP contribution in [0.3, 0.4) is 0 Å². The third-order valence-electron chi connectivity index (χ3n) is 4.25. The zero-order valence-electron chi connectivity index (χ0n) is 13.2. The van der Waals surface area contributed by atoms with Crippen LogP contribution in [0.4, 0.5) is 5.69 Å². The number of hydrogen-bond donors (Lipinski definition) is 2. The summed E-state index contributed by atoms with van der Waals surface area (Å²) in [6.07, 6.45) is 3.73. The van der Waals surface area contributed by atoms with Gasteiger partial charge in [0.25, 0.3) is 0 Å². The predicted octanol–water partition coefficient (Wildman–Crippen LogP) is 2.29. The Morgan fingerprint density at radius 3 is 2.68 bits per heavy atom. The first kappa shape index (κ1) is 15.1. The summed E-state index contributed by atoms with van der Waals surface area (Å²) >= 11 is 0. The van der Waals surface area contributed by atoms with Gasteiger partial charge >= 0.3 is 11.1 Å². The molecule has 4 rings (SSSR count). The topological polar surface area (TPSA) is 84.0 Å². The standard InChI is InChI=1S/C19H15N3O3/c23-16(20-13-6-2-1-3-7-13)11-14-10-9-12-5-4-8-15-17(12)22(14)19(25)18(24)21-15/h1-10,14H,11H2,(H,20,23)(H,21,24). The van der Waals surface area contributed by atoms with Gasteiger partial charge in [-0.1, -0.05) is 42.5 Å². The van der Waals surface area contributed by atoms with E-state index in [9.17, 15) is 14.4 Å². The Bertz CT molecular complexity index is 1110. The van der Waals surface area contributed by atoms with Gasteiger partial charge in [-0.25, -0.2) is 0 Å². The number of anilines is 1. The molecule has 2 aromatic carbocycles. The van der Waals surface area contributed by atoms with Crippen LogP contribution in [0.15, 0.2) is 64.2 Å². The van der Waals surface area contributed by atoms with E-state index in [1.807, 2.05) is 36.4 Å². The lowest BCUT2D eigenvalue weighted by molar-refractivity contribution is -0.116. The van der Waals surface area contributed by atoms with Crippen molar-refractivity contribution < 1.29 is 4.79 Å². The third kappa shape index (κ3) is 2.67. The molecule has 1 unspecified atom stereocenters. The van der Waals surface area contributed by atoms with Gasteiger partial charge < -0.3 is 10.3 Å². The van der Waals surface area contributed by atoms with Crippen LogP contribution < -0.4 is 16.4 Å². The van der Waals surface area contributed by atoms with Crippen LogP contribution in [0.2, 0.25) is 0 Å². The van der Waals surface area contributed by atoms with E-state index < -0.39 is 17.2 Å². The van der Waals surface area contributed by atoms with E-state index >= 15 is 0 Å². The number of benzene rings is 2. The van der Waals surface area contributed by atoms with Crippen molar-refractivity contribution in [1.82, 2.24) is 9.55 Å². The molecule has 0 saturated heterocycles. The van der Waals surface area contributed by atoms with Crippen LogP contribution >= 0.6 is 0 Å². The molecule has 1 aromatic heterocycles. The maximum Gasteiger partial charge on any atom is 0.317 e. The summed E-state index contributed by atoms with van der Waals surface area (Å²) in [5.41, 5.74) is 1.42. The van der Waals surface area contributed by atoms with Crippen LogP contribution in [-0.2, 0) is 4.79 Å². The molecule has 3 aromatic rings. The summed E-state index contributed by atoms with van der Waals surface area (Å²) in [6.45, 7) is 0. The fourth-order valence-electron chi connectivity index (χ4n) is 3.15. The maximum atomic E-state index is 12.4. The predicted molar refractivity (Wildman–Crippen MR) is 96.6 cm³/mol. The number of aromatic amines is 1. The molecule has 1 aliphatic rings. The Kier molecular flexibility index (Phi) is 3.57. The van der Waals surface area contributed by atoms with E-state index in [-0.39, 0.29) is 12.3 Å². The highest BCUT2D eigenvalue weighted by Gasteiger charge is 2.22. The molecule has 2 N–H and O–H groups in total. The van der Waals surface area contributed by atoms with Crippen molar-refractivity contribution in [3.63, 3.8) is 0 Å². The van der Waals surface area contributed by atoms with Gasteiger partial charge in [-0.2, -0.15) is 0 Å². The van der Waals surface area contributed by atoms with Gasteiger partial charge in [-0.3, -0.25) is 19.0 Å². The first-order chi connectivity index (χ1) is 12.1. The minimum Gasteiger partial charge on any atom is -0.326 e. The monoisotopic (exact) mass is 333 g/mol. The number of H-pyrrole nitrogens is 1. The summed E-state index contributed by atoms with van der Waals surface area (Å²) in [5.74, 6) is -0.222. The molecule has 1 amide bonds. The average Bonchev–Trinajstić information content (AvgIpc) is 2.61. The van der Waals surface area contributed by atoms with Crippen molar-refractivity contribution >= 4 is 28.7 Å². The summed E-state index contributed by atoms with van der Waals surface area (Å²) in [5, 5.41) is 2.81. The van der Waals surface area contributed by atoms with Crippen LogP contribution in [0.25, 0.3) is 17.1 Å².